The number of carbonyl (C=O) groups excluding carboxylic acids is 1. The van der Waals surface area contributed by atoms with E-state index in [1.807, 2.05) is 0 Å². The molecule has 16 heavy (non-hydrogen) atoms. The Kier molecular flexibility index (Phi) is 2.81. The van der Waals surface area contributed by atoms with Crippen LogP contribution in [0.3, 0.4) is 0 Å². The first-order valence-electron chi connectivity index (χ1n) is 4.75. The van der Waals surface area contributed by atoms with E-state index in [1.165, 1.54) is 12.1 Å². The second-order valence-corrected chi connectivity index (χ2v) is 3.39. The van der Waals surface area contributed by atoms with Gasteiger partial charge < -0.3 is 4.57 Å². The molecule has 0 saturated carbocycles. The monoisotopic (exact) mass is 221 g/mol. The maximum atomic E-state index is 13.4. The number of aldehydes is 1. The molecule has 1 aromatic heterocycles. The minimum atomic E-state index is -0.877. The average Bonchev–Trinajstić information content (AvgIpc) is 2.72. The van der Waals surface area contributed by atoms with Gasteiger partial charge in [-0.2, -0.15) is 0 Å². The summed E-state index contributed by atoms with van der Waals surface area (Å²) in [5.74, 6) is -1.75. The molecule has 2 nitrogen and oxygen atoms in total. The molecule has 0 spiro atoms. The van der Waals surface area contributed by atoms with Crippen molar-refractivity contribution >= 4 is 6.29 Å². The fourth-order valence-corrected chi connectivity index (χ4v) is 1.53. The molecule has 0 unspecified atom stereocenters. The molecule has 0 aliphatic heterocycles. The van der Waals surface area contributed by atoms with E-state index in [1.54, 1.807) is 22.9 Å². The number of rotatable bonds is 3. The fraction of sp³-hybridized carbons (Fsp3) is 0.0833. The molecule has 0 radical (unpaired) electrons. The quantitative estimate of drug-likeness (QED) is 0.730. The van der Waals surface area contributed by atoms with Crippen LogP contribution in [0.25, 0.3) is 0 Å². The van der Waals surface area contributed by atoms with E-state index < -0.39 is 11.6 Å². The first-order valence-corrected chi connectivity index (χ1v) is 4.75. The molecular weight excluding hydrogens is 212 g/mol. The van der Waals surface area contributed by atoms with Crippen LogP contribution in [0.1, 0.15) is 16.1 Å². The predicted molar refractivity (Wildman–Crippen MR) is 55.3 cm³/mol. The van der Waals surface area contributed by atoms with Crippen molar-refractivity contribution in [2.75, 3.05) is 0 Å². The van der Waals surface area contributed by atoms with E-state index in [9.17, 15) is 13.6 Å². The molecule has 1 heterocycles. The lowest BCUT2D eigenvalue weighted by atomic mass is 10.2. The molecule has 0 fully saturated rings. The van der Waals surface area contributed by atoms with Crippen molar-refractivity contribution in [2.24, 2.45) is 0 Å². The third-order valence-corrected chi connectivity index (χ3v) is 2.36. The van der Waals surface area contributed by atoms with Crippen molar-refractivity contribution in [3.63, 3.8) is 0 Å². The van der Waals surface area contributed by atoms with Crippen LogP contribution < -0.4 is 0 Å². The molecular formula is C12H9F2NO. The zero-order chi connectivity index (χ0) is 11.5. The summed E-state index contributed by atoms with van der Waals surface area (Å²) in [4.78, 5) is 10.6. The summed E-state index contributed by atoms with van der Waals surface area (Å²) in [5, 5.41) is 0. The Balaban J connectivity index is 2.34. The maximum Gasteiger partial charge on any atom is 0.166 e. The van der Waals surface area contributed by atoms with Gasteiger partial charge >= 0.3 is 0 Å². The number of hydrogen-bond acceptors (Lipinski definition) is 1. The number of halogens is 2. The van der Waals surface area contributed by atoms with Crippen LogP contribution in [0.5, 0.6) is 0 Å². The minimum absolute atomic E-state index is 0.144. The smallest absolute Gasteiger partial charge is 0.166 e. The van der Waals surface area contributed by atoms with E-state index in [-0.39, 0.29) is 12.1 Å². The molecule has 0 aliphatic rings. The van der Waals surface area contributed by atoms with Gasteiger partial charge in [-0.05, 0) is 18.2 Å². The summed E-state index contributed by atoms with van der Waals surface area (Å²) in [6, 6.07) is 7.30. The zero-order valence-electron chi connectivity index (χ0n) is 8.36. The first-order chi connectivity index (χ1) is 7.72. The lowest BCUT2D eigenvalue weighted by molar-refractivity contribution is 0.111. The molecule has 2 rings (SSSR count). The molecule has 0 N–H and O–H groups in total. The number of benzene rings is 1. The van der Waals surface area contributed by atoms with Crippen LogP contribution in [-0.4, -0.2) is 10.9 Å². The van der Waals surface area contributed by atoms with Crippen LogP contribution in [-0.2, 0) is 6.54 Å². The molecule has 82 valence electrons. The van der Waals surface area contributed by atoms with Crippen molar-refractivity contribution in [1.29, 1.82) is 0 Å². The van der Waals surface area contributed by atoms with Crippen molar-refractivity contribution in [3.8, 4) is 0 Å². The summed E-state index contributed by atoms with van der Waals surface area (Å²) in [6.45, 7) is 0.144. The van der Waals surface area contributed by atoms with E-state index in [2.05, 4.69) is 0 Å². The van der Waals surface area contributed by atoms with Crippen LogP contribution in [0, 0.1) is 11.6 Å². The van der Waals surface area contributed by atoms with Gasteiger partial charge in [0.2, 0.25) is 0 Å². The molecule has 1 aromatic carbocycles. The highest BCUT2D eigenvalue weighted by Crippen LogP contribution is 2.13. The first kappa shape index (κ1) is 10.5. The minimum Gasteiger partial charge on any atom is -0.341 e. The van der Waals surface area contributed by atoms with Gasteiger partial charge in [0.25, 0.3) is 0 Å². The third kappa shape index (κ3) is 1.86. The number of hydrogen-bond donors (Lipinski definition) is 0. The molecule has 4 heteroatoms. The van der Waals surface area contributed by atoms with Crippen molar-refractivity contribution in [3.05, 3.63) is 59.4 Å². The molecule has 0 atom stereocenters. The van der Waals surface area contributed by atoms with Gasteiger partial charge in [-0.1, -0.05) is 12.1 Å². The van der Waals surface area contributed by atoms with Gasteiger partial charge in [-0.15, -0.1) is 0 Å². The van der Waals surface area contributed by atoms with Gasteiger partial charge in [-0.25, -0.2) is 8.78 Å². The van der Waals surface area contributed by atoms with Crippen LogP contribution in [0.2, 0.25) is 0 Å². The Labute approximate surface area is 91.1 Å². The van der Waals surface area contributed by atoms with Crippen LogP contribution in [0.4, 0.5) is 8.78 Å². The Morgan fingerprint density at radius 1 is 1.19 bits per heavy atom. The van der Waals surface area contributed by atoms with Crippen LogP contribution >= 0.6 is 0 Å². The summed E-state index contributed by atoms with van der Waals surface area (Å²) >= 11 is 0. The largest absolute Gasteiger partial charge is 0.341 e. The van der Waals surface area contributed by atoms with Crippen LogP contribution in [0.15, 0.2) is 36.5 Å². The van der Waals surface area contributed by atoms with Gasteiger partial charge in [0.15, 0.2) is 17.9 Å². The normalized spacial score (nSPS) is 10.4. The highest BCUT2D eigenvalue weighted by atomic mass is 19.2. The van der Waals surface area contributed by atoms with E-state index in [0.717, 1.165) is 6.07 Å². The maximum absolute atomic E-state index is 13.4. The number of nitrogens with zero attached hydrogens (tertiary/aromatic N) is 1. The van der Waals surface area contributed by atoms with Crippen molar-refractivity contribution in [1.82, 2.24) is 4.57 Å². The Morgan fingerprint density at radius 3 is 2.75 bits per heavy atom. The summed E-state index contributed by atoms with van der Waals surface area (Å²) in [5.41, 5.74) is 0.656. The number of carbonyl (C=O) groups is 1. The van der Waals surface area contributed by atoms with Crippen molar-refractivity contribution < 1.29 is 13.6 Å². The lowest BCUT2D eigenvalue weighted by Gasteiger charge is -2.06. The van der Waals surface area contributed by atoms with Gasteiger partial charge in [-0.3, -0.25) is 4.79 Å². The van der Waals surface area contributed by atoms with E-state index in [0.29, 0.717) is 12.0 Å². The topological polar surface area (TPSA) is 22.0 Å². The van der Waals surface area contributed by atoms with Gasteiger partial charge in [0.05, 0.1) is 12.2 Å². The fourth-order valence-electron chi connectivity index (χ4n) is 1.53. The summed E-state index contributed by atoms with van der Waals surface area (Å²) in [7, 11) is 0. The highest BCUT2D eigenvalue weighted by Gasteiger charge is 2.08. The van der Waals surface area contributed by atoms with E-state index in [4.69, 9.17) is 0 Å². The highest BCUT2D eigenvalue weighted by molar-refractivity contribution is 5.72. The third-order valence-electron chi connectivity index (χ3n) is 2.36. The standard InChI is InChI=1S/C12H9F2NO/c13-11-5-1-3-9(12(11)14)7-15-6-2-4-10(15)8-16/h1-6,8H,7H2. The van der Waals surface area contributed by atoms with Gasteiger partial charge in [0, 0.05) is 11.8 Å². The SMILES string of the molecule is O=Cc1cccn1Cc1cccc(F)c1F. The Hall–Kier alpha value is -1.97. The Bertz CT molecular complexity index is 519. The molecule has 0 amide bonds. The zero-order valence-corrected chi connectivity index (χ0v) is 8.36. The molecule has 0 saturated heterocycles. The lowest BCUT2D eigenvalue weighted by Crippen LogP contribution is -2.05. The second-order valence-electron chi connectivity index (χ2n) is 3.39. The average molecular weight is 221 g/mol. The number of aromatic nitrogens is 1. The predicted octanol–water partition coefficient (Wildman–Crippen LogP) is 2.63. The molecule has 2 aromatic rings. The van der Waals surface area contributed by atoms with Gasteiger partial charge in [0.1, 0.15) is 0 Å². The van der Waals surface area contributed by atoms with Crippen molar-refractivity contribution in [2.45, 2.75) is 6.54 Å². The second kappa shape index (κ2) is 4.26. The Morgan fingerprint density at radius 2 is 2.00 bits per heavy atom. The summed E-state index contributed by atoms with van der Waals surface area (Å²) < 4.78 is 27.8. The molecule has 0 bridgehead atoms. The van der Waals surface area contributed by atoms with E-state index >= 15 is 0 Å². The summed E-state index contributed by atoms with van der Waals surface area (Å²) in [6.07, 6.45) is 2.32. The molecule has 0 aliphatic carbocycles.